The maximum absolute atomic E-state index is 12.4. The molecular formula is C26H30N2O5. The third-order valence-corrected chi connectivity index (χ3v) is 6.64. The second-order valence-corrected chi connectivity index (χ2v) is 9.27. The van der Waals surface area contributed by atoms with Gasteiger partial charge in [0.2, 0.25) is 5.91 Å². The van der Waals surface area contributed by atoms with Crippen LogP contribution in [0, 0.1) is 17.8 Å². The number of aliphatic carboxylic acids is 1. The van der Waals surface area contributed by atoms with Crippen molar-refractivity contribution >= 4 is 18.0 Å². The number of carbonyl (C=O) groups excluding carboxylic acids is 2. The summed E-state index contributed by atoms with van der Waals surface area (Å²) >= 11 is 0. The summed E-state index contributed by atoms with van der Waals surface area (Å²) in [7, 11) is 0. The fourth-order valence-corrected chi connectivity index (χ4v) is 4.59. The van der Waals surface area contributed by atoms with Gasteiger partial charge in [0.25, 0.3) is 0 Å². The van der Waals surface area contributed by atoms with Crippen LogP contribution >= 0.6 is 0 Å². The zero-order valence-electron chi connectivity index (χ0n) is 18.9. The summed E-state index contributed by atoms with van der Waals surface area (Å²) in [6, 6.07) is 15.9. The number of rotatable bonds is 9. The van der Waals surface area contributed by atoms with Crippen LogP contribution in [0.2, 0.25) is 0 Å². The average molecular weight is 451 g/mol. The summed E-state index contributed by atoms with van der Waals surface area (Å²) in [5.74, 6) is -1.20. The van der Waals surface area contributed by atoms with Crippen LogP contribution in [0.1, 0.15) is 43.7 Å². The van der Waals surface area contributed by atoms with Gasteiger partial charge in [0, 0.05) is 24.4 Å². The molecule has 33 heavy (non-hydrogen) atoms. The Morgan fingerprint density at radius 2 is 1.64 bits per heavy atom. The molecule has 1 fully saturated rings. The minimum Gasteiger partial charge on any atom is -0.481 e. The number of hydrogen-bond acceptors (Lipinski definition) is 4. The molecule has 2 aromatic carbocycles. The molecule has 174 valence electrons. The van der Waals surface area contributed by atoms with Crippen LogP contribution in [0.4, 0.5) is 4.79 Å². The first-order valence-corrected chi connectivity index (χ1v) is 11.5. The molecule has 7 nitrogen and oxygen atoms in total. The minimum absolute atomic E-state index is 0.00445. The van der Waals surface area contributed by atoms with Crippen molar-refractivity contribution < 1.29 is 24.2 Å². The quantitative estimate of drug-likeness (QED) is 0.539. The van der Waals surface area contributed by atoms with Gasteiger partial charge in [0.15, 0.2) is 0 Å². The number of alkyl carbamates (subject to hydrolysis) is 1. The molecular weight excluding hydrogens is 420 g/mol. The van der Waals surface area contributed by atoms with Gasteiger partial charge in [-0.2, -0.15) is 0 Å². The molecule has 3 atom stereocenters. The molecule has 0 radical (unpaired) electrons. The first-order chi connectivity index (χ1) is 15.8. The van der Waals surface area contributed by atoms with Gasteiger partial charge in [-0.25, -0.2) is 4.79 Å². The van der Waals surface area contributed by atoms with Gasteiger partial charge in [0.05, 0.1) is 6.42 Å². The smallest absolute Gasteiger partial charge is 0.407 e. The van der Waals surface area contributed by atoms with Crippen molar-refractivity contribution in [2.75, 3.05) is 13.2 Å². The Kier molecular flexibility index (Phi) is 6.67. The van der Waals surface area contributed by atoms with Crippen molar-refractivity contribution in [2.45, 2.75) is 38.6 Å². The van der Waals surface area contributed by atoms with E-state index >= 15 is 0 Å². The highest BCUT2D eigenvalue weighted by Crippen LogP contribution is 2.44. The third-order valence-electron chi connectivity index (χ3n) is 6.64. The molecule has 7 heteroatoms. The summed E-state index contributed by atoms with van der Waals surface area (Å²) < 4.78 is 5.54. The Hall–Kier alpha value is -3.35. The van der Waals surface area contributed by atoms with E-state index in [1.807, 2.05) is 38.1 Å². The minimum atomic E-state index is -0.932. The molecule has 0 spiro atoms. The summed E-state index contributed by atoms with van der Waals surface area (Å²) in [5.41, 5.74) is 4.67. The maximum atomic E-state index is 12.4. The van der Waals surface area contributed by atoms with Gasteiger partial charge in [-0.15, -0.1) is 0 Å². The van der Waals surface area contributed by atoms with Gasteiger partial charge < -0.3 is 20.5 Å². The number of nitrogens with one attached hydrogen (secondary N) is 2. The van der Waals surface area contributed by atoms with Crippen LogP contribution in [-0.4, -0.2) is 42.3 Å². The highest BCUT2D eigenvalue weighted by Gasteiger charge is 2.43. The molecule has 0 aliphatic heterocycles. The van der Waals surface area contributed by atoms with Gasteiger partial charge in [0.1, 0.15) is 6.61 Å². The van der Waals surface area contributed by atoms with Crippen molar-refractivity contribution in [1.82, 2.24) is 10.6 Å². The standard InChI is InChI=1S/C26H30N2O5/c1-15(2)23(12-24(29)30)28-25(31)21-11-16(21)13-27-26(32)33-14-22-19-9-5-3-7-17(19)18-8-4-6-10-20(18)22/h3-10,15-16,21-23H,11-14H2,1-2H3,(H,27,32)(H,28,31)(H,29,30). The third kappa shape index (κ3) is 5.18. The Morgan fingerprint density at radius 3 is 2.21 bits per heavy atom. The lowest BCUT2D eigenvalue weighted by Crippen LogP contribution is -2.41. The zero-order chi connectivity index (χ0) is 23.5. The topological polar surface area (TPSA) is 105 Å². The van der Waals surface area contributed by atoms with E-state index in [2.05, 4.69) is 34.9 Å². The van der Waals surface area contributed by atoms with Crippen LogP contribution < -0.4 is 10.6 Å². The Morgan fingerprint density at radius 1 is 1.03 bits per heavy atom. The molecule has 0 heterocycles. The first-order valence-electron chi connectivity index (χ1n) is 11.5. The molecule has 0 saturated heterocycles. The van der Waals surface area contributed by atoms with Crippen molar-refractivity contribution in [2.24, 2.45) is 17.8 Å². The fourth-order valence-electron chi connectivity index (χ4n) is 4.59. The van der Waals surface area contributed by atoms with E-state index in [-0.39, 0.29) is 42.6 Å². The first kappa shape index (κ1) is 22.8. The monoisotopic (exact) mass is 450 g/mol. The second kappa shape index (κ2) is 9.65. The van der Waals surface area contributed by atoms with E-state index in [1.54, 1.807) is 0 Å². The Balaban J connectivity index is 1.24. The number of hydrogen-bond donors (Lipinski definition) is 3. The fraction of sp³-hybridized carbons (Fsp3) is 0.423. The van der Waals surface area contributed by atoms with Crippen LogP contribution in [-0.2, 0) is 14.3 Å². The summed E-state index contributed by atoms with van der Waals surface area (Å²) in [4.78, 5) is 35.8. The predicted molar refractivity (Wildman–Crippen MR) is 124 cm³/mol. The lowest BCUT2D eigenvalue weighted by Gasteiger charge is -2.20. The van der Waals surface area contributed by atoms with Crippen LogP contribution in [0.15, 0.2) is 48.5 Å². The highest BCUT2D eigenvalue weighted by molar-refractivity contribution is 5.83. The largest absolute Gasteiger partial charge is 0.481 e. The van der Waals surface area contributed by atoms with Crippen molar-refractivity contribution in [3.05, 3.63) is 59.7 Å². The molecule has 3 N–H and O–H groups in total. The summed E-state index contributed by atoms with van der Waals surface area (Å²) in [6.45, 7) is 4.38. The number of carboxylic acid groups (broad SMARTS) is 1. The predicted octanol–water partition coefficient (Wildman–Crippen LogP) is 3.78. The number of benzene rings is 2. The summed E-state index contributed by atoms with van der Waals surface area (Å²) in [6.07, 6.45) is 0.0838. The molecule has 2 aliphatic carbocycles. The normalized spacial score (nSPS) is 19.4. The number of amides is 2. The van der Waals surface area contributed by atoms with E-state index in [9.17, 15) is 14.4 Å². The van der Waals surface area contributed by atoms with Crippen LogP contribution in [0.3, 0.4) is 0 Å². The molecule has 2 aromatic rings. The van der Waals surface area contributed by atoms with Gasteiger partial charge in [-0.05, 0) is 40.5 Å². The van der Waals surface area contributed by atoms with E-state index in [1.165, 1.54) is 11.1 Å². The number of ether oxygens (including phenoxy) is 1. The van der Waals surface area contributed by atoms with Crippen molar-refractivity contribution in [3.63, 3.8) is 0 Å². The SMILES string of the molecule is CC(C)C(CC(=O)O)NC(=O)C1CC1CNC(=O)OCC1c2ccccc2-c2ccccc21. The molecule has 4 rings (SSSR count). The van der Waals surface area contributed by atoms with E-state index < -0.39 is 18.1 Å². The second-order valence-electron chi connectivity index (χ2n) is 9.27. The molecule has 0 bridgehead atoms. The lowest BCUT2D eigenvalue weighted by molar-refractivity contribution is -0.138. The maximum Gasteiger partial charge on any atom is 0.407 e. The number of carbonyl (C=O) groups is 3. The molecule has 1 saturated carbocycles. The summed E-state index contributed by atoms with van der Waals surface area (Å²) in [5, 5.41) is 14.6. The van der Waals surface area contributed by atoms with Gasteiger partial charge in [-0.3, -0.25) is 9.59 Å². The average Bonchev–Trinajstić information content (AvgIpc) is 3.51. The van der Waals surface area contributed by atoms with E-state index in [0.29, 0.717) is 13.0 Å². The van der Waals surface area contributed by atoms with Crippen molar-refractivity contribution in [1.29, 1.82) is 0 Å². The van der Waals surface area contributed by atoms with Gasteiger partial charge in [-0.1, -0.05) is 62.4 Å². The number of carboxylic acids is 1. The van der Waals surface area contributed by atoms with Crippen molar-refractivity contribution in [3.8, 4) is 11.1 Å². The zero-order valence-corrected chi connectivity index (χ0v) is 18.9. The number of fused-ring (bicyclic) bond motifs is 3. The van der Waals surface area contributed by atoms with Crippen LogP contribution in [0.5, 0.6) is 0 Å². The van der Waals surface area contributed by atoms with E-state index in [4.69, 9.17) is 9.84 Å². The lowest BCUT2D eigenvalue weighted by atomic mass is 9.98. The Labute approximate surface area is 193 Å². The van der Waals surface area contributed by atoms with Crippen LogP contribution in [0.25, 0.3) is 11.1 Å². The Bertz CT molecular complexity index is 1000. The van der Waals surface area contributed by atoms with E-state index in [0.717, 1.165) is 11.1 Å². The highest BCUT2D eigenvalue weighted by atomic mass is 16.5. The molecule has 2 aliphatic rings. The molecule has 2 amide bonds. The molecule has 0 aromatic heterocycles. The van der Waals surface area contributed by atoms with Gasteiger partial charge >= 0.3 is 12.1 Å². The molecule has 3 unspecified atom stereocenters.